The number of nitrogens with one attached hydrogen (secondary N) is 2. The molecule has 0 atom stereocenters. The molecule has 1 aliphatic rings. The van der Waals surface area contributed by atoms with E-state index in [9.17, 15) is 13.2 Å². The van der Waals surface area contributed by atoms with Gasteiger partial charge in [-0.25, -0.2) is 4.79 Å². The van der Waals surface area contributed by atoms with Crippen LogP contribution in [0.4, 0.5) is 10.5 Å². The number of amides is 2. The van der Waals surface area contributed by atoms with E-state index in [1.54, 1.807) is 26.4 Å². The number of anilines is 1. The van der Waals surface area contributed by atoms with Crippen molar-refractivity contribution in [3.8, 4) is 0 Å². The lowest BCUT2D eigenvalue weighted by atomic mass is 10.1. The molecule has 0 bridgehead atoms. The number of carbonyl (C=O) groups excluding carboxylic acids is 1. The van der Waals surface area contributed by atoms with Gasteiger partial charge in [0.15, 0.2) is 0 Å². The first-order valence-corrected chi connectivity index (χ1v) is 12.1. The average molecular weight is 481 g/mol. The molecule has 0 unspecified atom stereocenters. The van der Waals surface area contributed by atoms with E-state index in [0.717, 1.165) is 16.8 Å². The predicted molar refractivity (Wildman–Crippen MR) is 126 cm³/mol. The zero-order valence-corrected chi connectivity index (χ0v) is 20.1. The molecular formula is C21H29ClN6O3S. The number of pyridine rings is 1. The number of rotatable bonds is 7. The van der Waals surface area contributed by atoms with Crippen LogP contribution >= 0.6 is 11.6 Å². The lowest BCUT2D eigenvalue weighted by Crippen LogP contribution is -2.51. The molecule has 1 aliphatic heterocycles. The topological polar surface area (TPSA) is 97.9 Å². The molecular weight excluding hydrogens is 452 g/mol. The Hall–Kier alpha value is -2.24. The number of hydrogen-bond donors (Lipinski definition) is 2. The smallest absolute Gasteiger partial charge is 0.319 e. The summed E-state index contributed by atoms with van der Waals surface area (Å²) in [4.78, 5) is 18.5. The Balaban J connectivity index is 1.53. The van der Waals surface area contributed by atoms with Crippen molar-refractivity contribution in [2.45, 2.75) is 20.0 Å². The van der Waals surface area contributed by atoms with E-state index in [1.165, 1.54) is 8.61 Å². The Bertz CT molecular complexity index is 1040. The summed E-state index contributed by atoms with van der Waals surface area (Å²) >= 11 is 6.39. The highest BCUT2D eigenvalue weighted by Crippen LogP contribution is 2.21. The second kappa shape index (κ2) is 10.6. The standard InChI is InChI=1S/C21H29ClN6O3S/c1-16-4-6-19(14-23-16)25-21(29)24-13-17-5-7-20(22)18(12-17)15-27-8-10-28(11-9-27)32(30,31)26(2)3/h4-7,12,14H,8-11,13,15H2,1-3H3,(H2,24,25,29). The summed E-state index contributed by atoms with van der Waals surface area (Å²) in [5, 5.41) is 6.23. The van der Waals surface area contributed by atoms with Gasteiger partial charge in [-0.2, -0.15) is 17.0 Å². The van der Waals surface area contributed by atoms with Crippen LogP contribution in [0.2, 0.25) is 5.02 Å². The quantitative estimate of drug-likeness (QED) is 0.633. The maximum Gasteiger partial charge on any atom is 0.319 e. The van der Waals surface area contributed by atoms with Crippen molar-refractivity contribution in [1.29, 1.82) is 0 Å². The van der Waals surface area contributed by atoms with Gasteiger partial charge in [0, 0.05) is 64.1 Å². The minimum Gasteiger partial charge on any atom is -0.334 e. The van der Waals surface area contributed by atoms with Gasteiger partial charge in [0.25, 0.3) is 10.2 Å². The van der Waals surface area contributed by atoms with Crippen molar-refractivity contribution in [3.63, 3.8) is 0 Å². The van der Waals surface area contributed by atoms with E-state index < -0.39 is 10.2 Å². The van der Waals surface area contributed by atoms with Crippen molar-refractivity contribution in [2.24, 2.45) is 0 Å². The number of halogens is 1. The molecule has 2 aromatic rings. The van der Waals surface area contributed by atoms with Crippen LogP contribution in [-0.2, 0) is 23.3 Å². The molecule has 2 heterocycles. The molecule has 9 nitrogen and oxygen atoms in total. The number of aromatic nitrogens is 1. The molecule has 174 valence electrons. The Kier molecular flexibility index (Phi) is 8.07. The highest BCUT2D eigenvalue weighted by atomic mass is 35.5. The molecule has 3 rings (SSSR count). The molecule has 11 heteroatoms. The van der Waals surface area contributed by atoms with Gasteiger partial charge in [0.05, 0.1) is 11.9 Å². The number of aryl methyl sites for hydroxylation is 1. The van der Waals surface area contributed by atoms with Crippen LogP contribution in [0, 0.1) is 6.92 Å². The van der Waals surface area contributed by atoms with Crippen LogP contribution in [-0.4, -0.2) is 73.2 Å². The highest BCUT2D eigenvalue weighted by molar-refractivity contribution is 7.86. The Morgan fingerprint density at radius 1 is 1.16 bits per heavy atom. The van der Waals surface area contributed by atoms with Crippen LogP contribution in [0.5, 0.6) is 0 Å². The normalized spacial score (nSPS) is 15.7. The Morgan fingerprint density at radius 2 is 1.88 bits per heavy atom. The molecule has 0 radical (unpaired) electrons. The van der Waals surface area contributed by atoms with Crippen molar-refractivity contribution in [2.75, 3.05) is 45.6 Å². The molecule has 0 saturated carbocycles. The van der Waals surface area contributed by atoms with Crippen LogP contribution < -0.4 is 10.6 Å². The second-order valence-electron chi connectivity index (χ2n) is 7.89. The first-order chi connectivity index (χ1) is 15.1. The highest BCUT2D eigenvalue weighted by Gasteiger charge is 2.28. The fraction of sp³-hybridized carbons (Fsp3) is 0.429. The van der Waals surface area contributed by atoms with Gasteiger partial charge < -0.3 is 10.6 Å². The minimum atomic E-state index is -3.39. The third kappa shape index (κ3) is 6.39. The molecule has 2 amide bonds. The van der Waals surface area contributed by atoms with Gasteiger partial charge in [-0.15, -0.1) is 0 Å². The molecule has 1 aromatic heterocycles. The first-order valence-electron chi connectivity index (χ1n) is 10.3. The van der Waals surface area contributed by atoms with Gasteiger partial charge in [-0.3, -0.25) is 9.88 Å². The zero-order valence-electron chi connectivity index (χ0n) is 18.5. The van der Waals surface area contributed by atoms with Gasteiger partial charge in [0.1, 0.15) is 0 Å². The molecule has 2 N–H and O–H groups in total. The van der Waals surface area contributed by atoms with E-state index in [1.807, 2.05) is 31.2 Å². The van der Waals surface area contributed by atoms with Gasteiger partial charge in [-0.05, 0) is 36.2 Å². The first kappa shape index (κ1) is 24.4. The van der Waals surface area contributed by atoms with Gasteiger partial charge >= 0.3 is 6.03 Å². The number of hydrogen-bond acceptors (Lipinski definition) is 5. The van der Waals surface area contributed by atoms with E-state index >= 15 is 0 Å². The average Bonchev–Trinajstić information content (AvgIpc) is 2.76. The Labute approximate surface area is 194 Å². The molecule has 1 saturated heterocycles. The minimum absolute atomic E-state index is 0.314. The fourth-order valence-electron chi connectivity index (χ4n) is 3.35. The van der Waals surface area contributed by atoms with E-state index in [4.69, 9.17) is 11.6 Å². The number of nitrogens with zero attached hydrogens (tertiary/aromatic N) is 4. The third-order valence-corrected chi connectivity index (χ3v) is 7.55. The third-order valence-electron chi connectivity index (χ3n) is 5.25. The molecule has 32 heavy (non-hydrogen) atoms. The van der Waals surface area contributed by atoms with Crippen LogP contribution in [0.25, 0.3) is 0 Å². The lowest BCUT2D eigenvalue weighted by molar-refractivity contribution is 0.177. The van der Waals surface area contributed by atoms with Crippen molar-refractivity contribution in [1.82, 2.24) is 23.8 Å². The Morgan fingerprint density at radius 3 is 2.50 bits per heavy atom. The van der Waals surface area contributed by atoms with Crippen LogP contribution in [0.15, 0.2) is 36.5 Å². The summed E-state index contributed by atoms with van der Waals surface area (Å²) in [6.45, 7) is 4.97. The fourth-order valence-corrected chi connectivity index (χ4v) is 4.61. The molecule has 0 spiro atoms. The number of urea groups is 1. The van der Waals surface area contributed by atoms with Crippen molar-refractivity contribution >= 4 is 33.5 Å². The monoisotopic (exact) mass is 480 g/mol. The summed E-state index contributed by atoms with van der Waals surface area (Å²) in [7, 11) is -0.306. The molecule has 1 aromatic carbocycles. The number of benzene rings is 1. The summed E-state index contributed by atoms with van der Waals surface area (Å²) in [6, 6.07) is 8.98. The largest absolute Gasteiger partial charge is 0.334 e. The maximum absolute atomic E-state index is 12.3. The molecule has 1 fully saturated rings. The van der Waals surface area contributed by atoms with Crippen molar-refractivity contribution < 1.29 is 13.2 Å². The zero-order chi connectivity index (χ0) is 23.3. The van der Waals surface area contributed by atoms with Gasteiger partial charge in [0.2, 0.25) is 0 Å². The number of piperazine rings is 1. The SMILES string of the molecule is Cc1ccc(NC(=O)NCc2ccc(Cl)c(CN3CCN(S(=O)(=O)N(C)C)CC3)c2)cn1. The summed E-state index contributed by atoms with van der Waals surface area (Å²) in [5.41, 5.74) is 3.37. The predicted octanol–water partition coefficient (Wildman–Crippen LogP) is 2.29. The van der Waals surface area contributed by atoms with E-state index in [2.05, 4.69) is 20.5 Å². The van der Waals surface area contributed by atoms with Gasteiger partial charge in [-0.1, -0.05) is 23.7 Å². The molecule has 0 aliphatic carbocycles. The second-order valence-corrected chi connectivity index (χ2v) is 10.4. The lowest BCUT2D eigenvalue weighted by Gasteiger charge is -2.35. The number of carbonyl (C=O) groups is 1. The maximum atomic E-state index is 12.3. The van der Waals surface area contributed by atoms with E-state index in [0.29, 0.717) is 50.0 Å². The van der Waals surface area contributed by atoms with Crippen LogP contribution in [0.1, 0.15) is 16.8 Å². The summed E-state index contributed by atoms with van der Waals surface area (Å²) < 4.78 is 27.3. The van der Waals surface area contributed by atoms with E-state index in [-0.39, 0.29) is 6.03 Å². The summed E-state index contributed by atoms with van der Waals surface area (Å²) in [5.74, 6) is 0. The van der Waals surface area contributed by atoms with Crippen LogP contribution in [0.3, 0.4) is 0 Å². The summed E-state index contributed by atoms with van der Waals surface area (Å²) in [6.07, 6.45) is 1.61. The van der Waals surface area contributed by atoms with Crippen molar-refractivity contribution in [3.05, 3.63) is 58.4 Å².